The number of hydrogen-bond acceptors (Lipinski definition) is 5. The van der Waals surface area contributed by atoms with Crippen LogP contribution in [0.1, 0.15) is 15.4 Å². The van der Waals surface area contributed by atoms with E-state index in [1.807, 2.05) is 0 Å². The molecule has 90 valence electrons. The SMILES string of the molecule is NCCn1cnc(C(=O)NCc2cncs2)c1. The van der Waals surface area contributed by atoms with Gasteiger partial charge in [0.05, 0.1) is 18.4 Å². The summed E-state index contributed by atoms with van der Waals surface area (Å²) in [5.41, 5.74) is 7.55. The van der Waals surface area contributed by atoms with Crippen molar-refractivity contribution in [1.82, 2.24) is 19.9 Å². The fraction of sp³-hybridized carbons (Fsp3) is 0.300. The van der Waals surface area contributed by atoms with Crippen molar-refractivity contribution in [2.75, 3.05) is 6.54 Å². The van der Waals surface area contributed by atoms with Gasteiger partial charge in [0.2, 0.25) is 0 Å². The number of carbonyl (C=O) groups excluding carboxylic acids is 1. The Hall–Kier alpha value is -1.73. The van der Waals surface area contributed by atoms with Crippen LogP contribution in [-0.4, -0.2) is 27.0 Å². The minimum absolute atomic E-state index is 0.186. The molecular formula is C10H13N5OS. The summed E-state index contributed by atoms with van der Waals surface area (Å²) in [5.74, 6) is -0.186. The van der Waals surface area contributed by atoms with E-state index in [1.54, 1.807) is 28.8 Å². The molecule has 3 N–H and O–H groups in total. The van der Waals surface area contributed by atoms with E-state index < -0.39 is 0 Å². The summed E-state index contributed by atoms with van der Waals surface area (Å²) in [6.07, 6.45) is 5.03. The Morgan fingerprint density at radius 3 is 3.18 bits per heavy atom. The van der Waals surface area contributed by atoms with E-state index in [-0.39, 0.29) is 5.91 Å². The van der Waals surface area contributed by atoms with E-state index in [0.29, 0.717) is 25.3 Å². The minimum atomic E-state index is -0.186. The van der Waals surface area contributed by atoms with Crippen LogP contribution in [0.5, 0.6) is 0 Å². The molecule has 0 atom stereocenters. The summed E-state index contributed by atoms with van der Waals surface area (Å²) in [6.45, 7) is 1.67. The Bertz CT molecular complexity index is 479. The molecule has 0 fully saturated rings. The smallest absolute Gasteiger partial charge is 0.271 e. The molecule has 0 aliphatic carbocycles. The molecule has 2 rings (SSSR count). The number of rotatable bonds is 5. The maximum atomic E-state index is 11.7. The average molecular weight is 251 g/mol. The van der Waals surface area contributed by atoms with Crippen LogP contribution in [-0.2, 0) is 13.1 Å². The first-order valence-electron chi connectivity index (χ1n) is 5.17. The van der Waals surface area contributed by atoms with Gasteiger partial charge in [0.25, 0.3) is 5.91 Å². The van der Waals surface area contributed by atoms with Crippen molar-refractivity contribution < 1.29 is 4.79 Å². The molecule has 0 aliphatic heterocycles. The number of imidazole rings is 1. The van der Waals surface area contributed by atoms with Crippen molar-refractivity contribution in [2.45, 2.75) is 13.1 Å². The van der Waals surface area contributed by atoms with Crippen LogP contribution in [0, 0.1) is 0 Å². The van der Waals surface area contributed by atoms with Gasteiger partial charge in [0.15, 0.2) is 0 Å². The topological polar surface area (TPSA) is 85.8 Å². The zero-order valence-corrected chi connectivity index (χ0v) is 9.98. The average Bonchev–Trinajstić information content (AvgIpc) is 2.97. The predicted octanol–water partition coefficient (Wildman–Crippen LogP) is 0.228. The molecule has 7 heteroatoms. The van der Waals surface area contributed by atoms with E-state index in [4.69, 9.17) is 5.73 Å². The monoisotopic (exact) mass is 251 g/mol. The highest BCUT2D eigenvalue weighted by molar-refractivity contribution is 7.09. The molecule has 1 amide bonds. The van der Waals surface area contributed by atoms with Crippen LogP contribution in [0.15, 0.2) is 24.2 Å². The highest BCUT2D eigenvalue weighted by atomic mass is 32.1. The number of thiazole rings is 1. The molecule has 0 aliphatic rings. The molecule has 17 heavy (non-hydrogen) atoms. The number of hydrogen-bond donors (Lipinski definition) is 2. The highest BCUT2D eigenvalue weighted by Gasteiger charge is 2.08. The number of nitrogens with two attached hydrogens (primary N) is 1. The third-order valence-electron chi connectivity index (χ3n) is 2.16. The van der Waals surface area contributed by atoms with E-state index in [2.05, 4.69) is 15.3 Å². The molecule has 0 bridgehead atoms. The maximum absolute atomic E-state index is 11.7. The van der Waals surface area contributed by atoms with Crippen LogP contribution < -0.4 is 11.1 Å². The minimum Gasteiger partial charge on any atom is -0.346 e. The Labute approximate surface area is 102 Å². The van der Waals surface area contributed by atoms with Crippen LogP contribution in [0.4, 0.5) is 0 Å². The zero-order valence-electron chi connectivity index (χ0n) is 9.17. The molecule has 0 unspecified atom stereocenters. The summed E-state index contributed by atoms with van der Waals surface area (Å²) < 4.78 is 1.79. The van der Waals surface area contributed by atoms with Gasteiger partial charge < -0.3 is 15.6 Å². The summed E-state index contributed by atoms with van der Waals surface area (Å²) in [5, 5.41) is 2.78. The molecule has 6 nitrogen and oxygen atoms in total. The van der Waals surface area contributed by atoms with Gasteiger partial charge in [-0.15, -0.1) is 11.3 Å². The van der Waals surface area contributed by atoms with Gasteiger partial charge in [0.1, 0.15) is 5.69 Å². The number of carbonyl (C=O) groups is 1. The van der Waals surface area contributed by atoms with E-state index >= 15 is 0 Å². The van der Waals surface area contributed by atoms with E-state index in [0.717, 1.165) is 4.88 Å². The quantitative estimate of drug-likeness (QED) is 0.796. The Kier molecular flexibility index (Phi) is 3.84. The normalized spacial score (nSPS) is 10.4. The van der Waals surface area contributed by atoms with Crippen LogP contribution in [0.2, 0.25) is 0 Å². The molecular weight excluding hydrogens is 238 g/mol. The lowest BCUT2D eigenvalue weighted by atomic mass is 10.4. The number of nitrogens with zero attached hydrogens (tertiary/aromatic N) is 3. The summed E-state index contributed by atoms with van der Waals surface area (Å²) in [7, 11) is 0. The molecule has 2 aromatic rings. The van der Waals surface area contributed by atoms with Crippen LogP contribution in [0.3, 0.4) is 0 Å². The van der Waals surface area contributed by atoms with Gasteiger partial charge >= 0.3 is 0 Å². The van der Waals surface area contributed by atoms with Gasteiger partial charge in [-0.25, -0.2) is 4.98 Å². The van der Waals surface area contributed by atoms with Gasteiger partial charge in [-0.1, -0.05) is 0 Å². The molecule has 2 aromatic heterocycles. The largest absolute Gasteiger partial charge is 0.346 e. The van der Waals surface area contributed by atoms with E-state index in [9.17, 15) is 4.79 Å². The standard InChI is InChI=1S/C10H13N5OS/c11-1-2-15-5-9(14-6-15)10(16)13-4-8-3-12-7-17-8/h3,5-7H,1-2,4,11H2,(H,13,16). The predicted molar refractivity (Wildman–Crippen MR) is 64.6 cm³/mol. The van der Waals surface area contributed by atoms with Crippen molar-refractivity contribution in [2.24, 2.45) is 5.73 Å². The van der Waals surface area contributed by atoms with Crippen molar-refractivity contribution in [1.29, 1.82) is 0 Å². The molecule has 0 radical (unpaired) electrons. The van der Waals surface area contributed by atoms with Crippen molar-refractivity contribution in [3.05, 3.63) is 34.8 Å². The Balaban J connectivity index is 1.90. The van der Waals surface area contributed by atoms with Crippen molar-refractivity contribution in [3.8, 4) is 0 Å². The fourth-order valence-corrected chi connectivity index (χ4v) is 1.87. The second kappa shape index (κ2) is 5.55. The lowest BCUT2D eigenvalue weighted by Gasteiger charge is -2.00. The summed E-state index contributed by atoms with van der Waals surface area (Å²) >= 11 is 1.51. The first-order chi connectivity index (χ1) is 8.29. The van der Waals surface area contributed by atoms with Crippen LogP contribution in [0.25, 0.3) is 0 Å². The third-order valence-corrected chi connectivity index (χ3v) is 2.94. The second-order valence-corrected chi connectivity index (χ2v) is 4.41. The molecule has 0 saturated heterocycles. The molecule has 0 saturated carbocycles. The first-order valence-corrected chi connectivity index (χ1v) is 6.05. The summed E-state index contributed by atoms with van der Waals surface area (Å²) in [6, 6.07) is 0. The van der Waals surface area contributed by atoms with Gasteiger partial charge in [-0.05, 0) is 0 Å². The Morgan fingerprint density at radius 1 is 1.59 bits per heavy atom. The van der Waals surface area contributed by atoms with E-state index in [1.165, 1.54) is 11.3 Å². The lowest BCUT2D eigenvalue weighted by Crippen LogP contribution is -2.22. The van der Waals surface area contributed by atoms with Crippen molar-refractivity contribution in [3.63, 3.8) is 0 Å². The second-order valence-electron chi connectivity index (χ2n) is 3.44. The van der Waals surface area contributed by atoms with Crippen LogP contribution >= 0.6 is 11.3 Å². The van der Waals surface area contributed by atoms with Gasteiger partial charge in [0, 0.05) is 30.4 Å². The molecule has 0 spiro atoms. The Morgan fingerprint density at radius 2 is 2.47 bits per heavy atom. The molecule has 0 aromatic carbocycles. The fourth-order valence-electron chi connectivity index (χ4n) is 1.34. The summed E-state index contributed by atoms with van der Waals surface area (Å²) in [4.78, 5) is 20.7. The van der Waals surface area contributed by atoms with Gasteiger partial charge in [-0.3, -0.25) is 9.78 Å². The number of amides is 1. The number of aromatic nitrogens is 3. The third kappa shape index (κ3) is 3.11. The lowest BCUT2D eigenvalue weighted by molar-refractivity contribution is 0.0946. The highest BCUT2D eigenvalue weighted by Crippen LogP contribution is 2.05. The zero-order chi connectivity index (χ0) is 12.1. The van der Waals surface area contributed by atoms with Gasteiger partial charge in [-0.2, -0.15) is 0 Å². The van der Waals surface area contributed by atoms with Crippen molar-refractivity contribution >= 4 is 17.2 Å². The maximum Gasteiger partial charge on any atom is 0.271 e. The first kappa shape index (κ1) is 11.7. The molecule has 2 heterocycles. The number of nitrogens with one attached hydrogen (secondary N) is 1.